The Bertz CT molecular complexity index is 928. The van der Waals surface area contributed by atoms with Crippen molar-refractivity contribution in [2.45, 2.75) is 44.7 Å². The highest BCUT2D eigenvalue weighted by atomic mass is 19.4. The fourth-order valence-electron chi connectivity index (χ4n) is 4.04. The summed E-state index contributed by atoms with van der Waals surface area (Å²) in [5.41, 5.74) is 2.09. The molecule has 1 unspecified atom stereocenters. The molecule has 1 amide bonds. The first kappa shape index (κ1) is 24.9. The molecule has 180 valence electrons. The molecular weight excluding hydrogens is 437 g/mol. The van der Waals surface area contributed by atoms with Crippen molar-refractivity contribution in [3.63, 3.8) is 0 Å². The Balaban J connectivity index is 1.68. The normalized spacial score (nSPS) is 16.3. The maximum atomic E-state index is 12.7. The van der Waals surface area contributed by atoms with E-state index >= 15 is 0 Å². The number of ether oxygens (including phenoxy) is 2. The largest absolute Gasteiger partial charge is 0.573 e. The number of hydrogen-bond donors (Lipinski definition) is 2. The Morgan fingerprint density at radius 1 is 1.15 bits per heavy atom. The van der Waals surface area contributed by atoms with Crippen LogP contribution in [0.25, 0.3) is 0 Å². The molecular formula is C24H29F3N2O4. The first-order chi connectivity index (χ1) is 15.6. The van der Waals surface area contributed by atoms with Crippen LogP contribution in [0.15, 0.2) is 42.5 Å². The van der Waals surface area contributed by atoms with E-state index in [1.165, 1.54) is 24.3 Å². The van der Waals surface area contributed by atoms with Crippen molar-refractivity contribution in [3.8, 4) is 11.5 Å². The number of carbonyl (C=O) groups excluding carboxylic acids is 1. The molecule has 0 aliphatic carbocycles. The van der Waals surface area contributed by atoms with E-state index in [9.17, 15) is 23.1 Å². The fourth-order valence-corrected chi connectivity index (χ4v) is 4.04. The van der Waals surface area contributed by atoms with Crippen LogP contribution in [-0.4, -0.2) is 55.1 Å². The van der Waals surface area contributed by atoms with Gasteiger partial charge in [-0.3, -0.25) is 4.79 Å². The van der Waals surface area contributed by atoms with Crippen molar-refractivity contribution in [1.82, 2.24) is 10.2 Å². The van der Waals surface area contributed by atoms with Gasteiger partial charge in [-0.25, -0.2) is 0 Å². The molecule has 33 heavy (non-hydrogen) atoms. The van der Waals surface area contributed by atoms with Crippen LogP contribution in [0.1, 0.15) is 35.6 Å². The lowest BCUT2D eigenvalue weighted by Gasteiger charge is -2.29. The molecule has 9 heteroatoms. The number of rotatable bonds is 9. The van der Waals surface area contributed by atoms with E-state index in [1.54, 1.807) is 19.2 Å². The van der Waals surface area contributed by atoms with Crippen molar-refractivity contribution >= 4 is 5.91 Å². The van der Waals surface area contributed by atoms with Gasteiger partial charge in [-0.1, -0.05) is 18.2 Å². The zero-order chi connectivity index (χ0) is 24.0. The number of methoxy groups -OCH3 is 1. The Morgan fingerprint density at radius 3 is 2.39 bits per heavy atom. The van der Waals surface area contributed by atoms with E-state index in [0.717, 1.165) is 31.5 Å². The summed E-state index contributed by atoms with van der Waals surface area (Å²) in [6, 6.07) is 10.0. The monoisotopic (exact) mass is 466 g/mol. The van der Waals surface area contributed by atoms with Gasteiger partial charge in [-0.2, -0.15) is 0 Å². The lowest BCUT2D eigenvalue weighted by atomic mass is 9.99. The van der Waals surface area contributed by atoms with Crippen LogP contribution in [0.5, 0.6) is 11.5 Å². The number of halogens is 3. The minimum atomic E-state index is -4.77. The second-order valence-corrected chi connectivity index (χ2v) is 8.22. The van der Waals surface area contributed by atoms with Crippen LogP contribution < -0.4 is 14.8 Å². The van der Waals surface area contributed by atoms with Gasteiger partial charge < -0.3 is 24.8 Å². The molecule has 2 aromatic rings. The third-order valence-corrected chi connectivity index (χ3v) is 5.66. The van der Waals surface area contributed by atoms with E-state index < -0.39 is 18.5 Å². The summed E-state index contributed by atoms with van der Waals surface area (Å²) in [5.74, 6) is 0.0425. The van der Waals surface area contributed by atoms with Gasteiger partial charge >= 0.3 is 6.36 Å². The maximum Gasteiger partial charge on any atom is 0.573 e. The van der Waals surface area contributed by atoms with Gasteiger partial charge in [0.2, 0.25) is 5.91 Å². The number of alkyl halides is 3. The van der Waals surface area contributed by atoms with E-state index in [0.29, 0.717) is 23.4 Å². The number of likely N-dealkylation sites (tertiary alicyclic amines) is 1. The van der Waals surface area contributed by atoms with Crippen molar-refractivity contribution in [2.75, 3.05) is 26.7 Å². The summed E-state index contributed by atoms with van der Waals surface area (Å²) in [4.78, 5) is 14.9. The number of aliphatic hydroxyl groups is 1. The van der Waals surface area contributed by atoms with E-state index in [4.69, 9.17) is 4.74 Å². The van der Waals surface area contributed by atoms with Crippen LogP contribution in [0.4, 0.5) is 13.2 Å². The molecule has 3 rings (SSSR count). The number of amides is 1. The van der Waals surface area contributed by atoms with Gasteiger partial charge in [-0.15, -0.1) is 13.2 Å². The first-order valence-corrected chi connectivity index (χ1v) is 10.8. The summed E-state index contributed by atoms with van der Waals surface area (Å²) in [7, 11) is 1.58. The van der Waals surface area contributed by atoms with E-state index in [1.807, 2.05) is 13.0 Å². The molecule has 2 atom stereocenters. The first-order valence-electron chi connectivity index (χ1n) is 10.8. The number of hydrogen-bond acceptors (Lipinski definition) is 5. The van der Waals surface area contributed by atoms with Crippen LogP contribution in [-0.2, 0) is 11.2 Å². The Kier molecular flexibility index (Phi) is 8.20. The van der Waals surface area contributed by atoms with Crippen molar-refractivity contribution in [2.24, 2.45) is 0 Å². The molecule has 1 aliphatic rings. The minimum absolute atomic E-state index is 0.0306. The van der Waals surface area contributed by atoms with Gasteiger partial charge in [0.05, 0.1) is 19.6 Å². The predicted octanol–water partition coefficient (Wildman–Crippen LogP) is 3.76. The predicted molar refractivity (Wildman–Crippen MR) is 117 cm³/mol. The number of benzene rings is 2. The molecule has 1 fully saturated rings. The van der Waals surface area contributed by atoms with Crippen molar-refractivity contribution in [3.05, 3.63) is 59.2 Å². The lowest BCUT2D eigenvalue weighted by Crippen LogP contribution is -2.47. The summed E-state index contributed by atoms with van der Waals surface area (Å²) in [6.07, 6.45) is -3.58. The third-order valence-electron chi connectivity index (χ3n) is 5.66. The molecule has 0 saturated carbocycles. The highest BCUT2D eigenvalue weighted by molar-refractivity contribution is 5.79. The quantitative estimate of drug-likeness (QED) is 0.589. The molecule has 1 saturated heterocycles. The number of carbonyl (C=O) groups is 1. The summed E-state index contributed by atoms with van der Waals surface area (Å²) in [6.45, 7) is 4.19. The second kappa shape index (κ2) is 10.9. The molecule has 0 radical (unpaired) electrons. The Hall–Kier alpha value is -2.78. The summed E-state index contributed by atoms with van der Waals surface area (Å²) >= 11 is 0. The molecule has 0 bridgehead atoms. The van der Waals surface area contributed by atoms with Gasteiger partial charge in [0, 0.05) is 6.54 Å². The average molecular weight is 467 g/mol. The average Bonchev–Trinajstić information content (AvgIpc) is 3.26. The van der Waals surface area contributed by atoms with Gasteiger partial charge in [0.25, 0.3) is 0 Å². The molecule has 2 N–H and O–H groups in total. The van der Waals surface area contributed by atoms with E-state index in [2.05, 4.69) is 15.0 Å². The Morgan fingerprint density at radius 2 is 1.82 bits per heavy atom. The zero-order valence-corrected chi connectivity index (χ0v) is 18.7. The van der Waals surface area contributed by atoms with Gasteiger partial charge in [-0.05, 0) is 73.8 Å². The SMILES string of the molecule is COc1ccc([C@@H](O)C(CN2CCCC2)NC(=O)Cc2ccc(OC(F)(F)F)cc2)cc1C. The molecule has 2 aromatic carbocycles. The van der Waals surface area contributed by atoms with Crippen LogP contribution in [0.2, 0.25) is 0 Å². The highest BCUT2D eigenvalue weighted by Crippen LogP contribution is 2.26. The minimum Gasteiger partial charge on any atom is -0.496 e. The second-order valence-electron chi connectivity index (χ2n) is 8.22. The van der Waals surface area contributed by atoms with Crippen molar-refractivity contribution < 1.29 is 32.5 Å². The summed E-state index contributed by atoms with van der Waals surface area (Å²) in [5, 5.41) is 14.0. The standard InChI is InChI=1S/C24H29F3N2O4/c1-16-13-18(7-10-21(16)32-2)23(31)20(15-29-11-3-4-12-29)28-22(30)14-17-5-8-19(9-6-17)33-24(25,26)27/h5-10,13,20,23,31H,3-4,11-12,14-15H2,1-2H3,(H,28,30)/t20?,23-/m1/s1. The topological polar surface area (TPSA) is 71.0 Å². The summed E-state index contributed by atoms with van der Waals surface area (Å²) < 4.78 is 46.1. The zero-order valence-electron chi connectivity index (χ0n) is 18.7. The van der Waals surface area contributed by atoms with E-state index in [-0.39, 0.29) is 18.1 Å². The molecule has 0 aromatic heterocycles. The molecule has 1 aliphatic heterocycles. The Labute approximate surface area is 191 Å². The fraction of sp³-hybridized carbons (Fsp3) is 0.458. The number of nitrogens with one attached hydrogen (secondary N) is 1. The van der Waals surface area contributed by atoms with Gasteiger partial charge in [0.15, 0.2) is 0 Å². The molecule has 0 spiro atoms. The molecule has 1 heterocycles. The highest BCUT2D eigenvalue weighted by Gasteiger charge is 2.31. The smallest absolute Gasteiger partial charge is 0.496 e. The lowest BCUT2D eigenvalue weighted by molar-refractivity contribution is -0.274. The van der Waals surface area contributed by atoms with Crippen molar-refractivity contribution in [1.29, 1.82) is 0 Å². The molecule has 6 nitrogen and oxygen atoms in total. The number of aryl methyl sites for hydroxylation is 1. The van der Waals surface area contributed by atoms with Gasteiger partial charge in [0.1, 0.15) is 17.6 Å². The maximum absolute atomic E-state index is 12.7. The van der Waals surface area contributed by atoms with Crippen LogP contribution in [0.3, 0.4) is 0 Å². The van der Waals surface area contributed by atoms with Crippen LogP contribution >= 0.6 is 0 Å². The number of nitrogens with zero attached hydrogens (tertiary/aromatic N) is 1. The van der Waals surface area contributed by atoms with Crippen LogP contribution in [0, 0.1) is 6.92 Å². The third kappa shape index (κ3) is 7.36. The number of aliphatic hydroxyl groups excluding tert-OH is 1.